The Hall–Kier alpha value is -1.35. The fourth-order valence-corrected chi connectivity index (χ4v) is 4.12. The smallest absolute Gasteiger partial charge is 0.239 e. The van der Waals surface area contributed by atoms with Gasteiger partial charge in [-0.15, -0.1) is 0 Å². The van der Waals surface area contributed by atoms with E-state index >= 15 is 0 Å². The number of hydrogen-bond donors (Lipinski definition) is 3. The van der Waals surface area contributed by atoms with Gasteiger partial charge in [0.05, 0.1) is 24.3 Å². The fourth-order valence-electron chi connectivity index (χ4n) is 4.12. The van der Waals surface area contributed by atoms with Crippen LogP contribution in [0.25, 0.3) is 0 Å². The number of carbonyl (C=O) groups excluding carboxylic acids is 3. The fraction of sp³-hybridized carbons (Fsp3) is 0.870. The van der Waals surface area contributed by atoms with Gasteiger partial charge in [-0.1, -0.05) is 27.2 Å². The summed E-state index contributed by atoms with van der Waals surface area (Å²) in [7, 11) is 4.74. The van der Waals surface area contributed by atoms with Crippen LogP contribution in [0.4, 0.5) is 0 Å². The average Bonchev–Trinajstić information content (AvgIpc) is 2.65. The minimum Gasteiger partial charge on any atom is -0.393 e. The number of nitrogens with one attached hydrogen (secondary N) is 1. The molecule has 8 nitrogen and oxygen atoms in total. The molecule has 0 aliphatic carbocycles. The number of nitrogens with zero attached hydrogens (tertiary/aromatic N) is 2. The molecule has 0 aliphatic heterocycles. The number of aliphatic hydroxyl groups excluding tert-OH is 2. The molecule has 0 aromatic rings. The van der Waals surface area contributed by atoms with E-state index in [1.807, 2.05) is 6.92 Å². The topological polar surface area (TPSA) is 110 Å². The van der Waals surface area contributed by atoms with Crippen LogP contribution in [0, 0.1) is 11.8 Å². The number of aldehydes is 1. The van der Waals surface area contributed by atoms with Crippen LogP contribution in [0.1, 0.15) is 62.2 Å². The molecule has 0 heterocycles. The summed E-state index contributed by atoms with van der Waals surface area (Å²) in [5, 5.41) is 22.4. The lowest BCUT2D eigenvalue weighted by Gasteiger charge is -2.45. The number of β-amino-alcohol motifs (C(OH)–C–C–N with tert-alkyl or cyclic N) is 1. The third-order valence-electron chi connectivity index (χ3n) is 6.11. The van der Waals surface area contributed by atoms with E-state index in [9.17, 15) is 24.6 Å². The Bertz CT molecular complexity index is 623. The molecule has 3 N–H and O–H groups in total. The maximum Gasteiger partial charge on any atom is 0.239 e. The van der Waals surface area contributed by atoms with E-state index in [2.05, 4.69) is 5.32 Å². The normalized spacial score (nSPS) is 19.5. The van der Waals surface area contributed by atoms with E-state index in [0.717, 1.165) is 0 Å². The molecule has 0 spiro atoms. The highest BCUT2D eigenvalue weighted by molar-refractivity contribution is 6.07. The van der Waals surface area contributed by atoms with Gasteiger partial charge in [-0.2, -0.15) is 0 Å². The van der Waals surface area contributed by atoms with E-state index in [1.54, 1.807) is 41.9 Å². The summed E-state index contributed by atoms with van der Waals surface area (Å²) < 4.78 is 8.72. The van der Waals surface area contributed by atoms with Crippen LogP contribution in [0.5, 0.6) is 0 Å². The van der Waals surface area contributed by atoms with Crippen LogP contribution in [0.15, 0.2) is 0 Å². The first-order valence-corrected chi connectivity index (χ1v) is 11.1. The Morgan fingerprint density at radius 3 is 2.00 bits per heavy atom. The van der Waals surface area contributed by atoms with Gasteiger partial charge < -0.3 is 25.2 Å². The Kier molecular flexibility index (Phi) is 11.8. The van der Waals surface area contributed by atoms with Crippen molar-refractivity contribution >= 4 is 18.0 Å². The summed E-state index contributed by atoms with van der Waals surface area (Å²) >= 11 is 0. The molecule has 6 atom stereocenters. The molecule has 0 saturated carbocycles. The summed E-state index contributed by atoms with van der Waals surface area (Å²) in [6, 6.07) is -1.50. The number of Topliss-reactive ketones (excluding diaryl/α,β-unsaturated/α-hetero) is 1. The number of amides is 1. The van der Waals surface area contributed by atoms with Gasteiger partial charge in [0.2, 0.25) is 5.91 Å². The summed E-state index contributed by atoms with van der Waals surface area (Å²) in [5.74, 6) is -2.69. The number of hydrogen-bond acceptors (Lipinski definition) is 7. The second kappa shape index (κ2) is 13.3. The van der Waals surface area contributed by atoms with Crippen molar-refractivity contribution in [3.05, 3.63) is 0 Å². The molecule has 0 radical (unpaired) electrons. The largest absolute Gasteiger partial charge is 0.393 e. The molecule has 1 amide bonds. The highest BCUT2D eigenvalue weighted by Gasteiger charge is 2.51. The first kappa shape index (κ1) is 27.7. The quantitative estimate of drug-likeness (QED) is 0.256. The van der Waals surface area contributed by atoms with Gasteiger partial charge in [0.1, 0.15) is 11.8 Å². The molecular formula is C23H45N3O5. The molecule has 0 fully saturated rings. The van der Waals surface area contributed by atoms with Crippen molar-refractivity contribution in [3.63, 3.8) is 0 Å². The third kappa shape index (κ3) is 7.63. The first-order valence-electron chi connectivity index (χ1n) is 11.6. The summed E-state index contributed by atoms with van der Waals surface area (Å²) in [6.45, 7) is 9.78. The van der Waals surface area contributed by atoms with Crippen molar-refractivity contribution < 1.29 is 26.0 Å². The summed E-state index contributed by atoms with van der Waals surface area (Å²) in [6.07, 6.45) is 0.952. The lowest BCUT2D eigenvalue weighted by Crippen LogP contribution is -2.66. The third-order valence-corrected chi connectivity index (χ3v) is 6.11. The zero-order valence-corrected chi connectivity index (χ0v) is 20.8. The number of aliphatic hydroxyl groups is 2. The number of carbonyl (C=O) groups is 3. The van der Waals surface area contributed by atoms with E-state index in [0.29, 0.717) is 25.5 Å². The number of likely N-dealkylation sites (N-methyl/N-ethyl adjacent to an activating group) is 3. The Morgan fingerprint density at radius 2 is 1.61 bits per heavy atom. The van der Waals surface area contributed by atoms with Crippen LogP contribution in [0.3, 0.4) is 0 Å². The number of ketones is 1. The molecule has 31 heavy (non-hydrogen) atoms. The zero-order chi connectivity index (χ0) is 25.4. The molecule has 0 rings (SSSR count). The Balaban J connectivity index is 6.47. The molecule has 2 unspecified atom stereocenters. The summed E-state index contributed by atoms with van der Waals surface area (Å²) in [5.41, 5.74) is -1.87. The summed E-state index contributed by atoms with van der Waals surface area (Å²) in [4.78, 5) is 42.5. The minimum absolute atomic E-state index is 0.0144. The second-order valence-electron chi connectivity index (χ2n) is 9.14. The van der Waals surface area contributed by atoms with Crippen LogP contribution in [-0.4, -0.2) is 95.5 Å². The van der Waals surface area contributed by atoms with Gasteiger partial charge in [-0.25, -0.2) is 0 Å². The predicted octanol–water partition coefficient (Wildman–Crippen LogP) is 1.08. The van der Waals surface area contributed by atoms with E-state index in [1.165, 1.54) is 23.6 Å². The second-order valence-corrected chi connectivity index (χ2v) is 9.14. The molecule has 0 aromatic heterocycles. The molecule has 0 bridgehead atoms. The van der Waals surface area contributed by atoms with E-state index in [-0.39, 0.29) is 18.4 Å². The highest BCUT2D eigenvalue weighted by atomic mass is 16.3. The molecular weight excluding hydrogens is 398 g/mol. The van der Waals surface area contributed by atoms with Crippen LogP contribution in [-0.2, 0) is 14.4 Å². The minimum atomic E-state index is -1.87. The van der Waals surface area contributed by atoms with Crippen molar-refractivity contribution in [1.82, 2.24) is 15.1 Å². The standard InChI is InChI=1S/C23H45N3O5/c1-15(2)23(14-27,25(8)13-18(5)29)21(30)20(16(3)11-10-12-17(4)28)26(9)22(31)19(6)24-7/h14-20,24,28-29H,10-13H2,1-9H3/t16-,17?,18?,19-,20-,23+/m0/s1/i15D. The van der Waals surface area contributed by atoms with Crippen molar-refractivity contribution in [2.45, 2.75) is 90.6 Å². The van der Waals surface area contributed by atoms with Crippen molar-refractivity contribution in [1.29, 1.82) is 0 Å². The maximum atomic E-state index is 14.1. The maximum absolute atomic E-state index is 14.1. The SMILES string of the molecule is [2H]C(C)(C)[C@](C=O)(C(=O)[C@H]([C@@H](C)CCCC(C)O)N(C)C(=O)[C@H](C)NC)N(C)CC(C)O. The van der Waals surface area contributed by atoms with Crippen molar-refractivity contribution in [2.75, 3.05) is 27.7 Å². The molecule has 0 aliphatic rings. The Labute approximate surface area is 189 Å². The molecule has 8 heteroatoms. The van der Waals surface area contributed by atoms with Gasteiger partial charge >= 0.3 is 0 Å². The van der Waals surface area contributed by atoms with Gasteiger partial charge in [0.15, 0.2) is 5.78 Å². The van der Waals surface area contributed by atoms with Crippen molar-refractivity contribution in [2.24, 2.45) is 11.8 Å². The monoisotopic (exact) mass is 444 g/mol. The average molecular weight is 445 g/mol. The number of rotatable bonds is 15. The van der Waals surface area contributed by atoms with Gasteiger partial charge in [-0.05, 0) is 59.5 Å². The molecule has 0 saturated heterocycles. The van der Waals surface area contributed by atoms with Crippen molar-refractivity contribution in [3.8, 4) is 0 Å². The van der Waals surface area contributed by atoms with E-state index < -0.39 is 41.5 Å². The van der Waals surface area contributed by atoms with Crippen LogP contribution >= 0.6 is 0 Å². The lowest BCUT2D eigenvalue weighted by molar-refractivity contribution is -0.152. The van der Waals surface area contributed by atoms with Crippen LogP contribution < -0.4 is 5.32 Å². The predicted molar refractivity (Wildman–Crippen MR) is 123 cm³/mol. The Morgan fingerprint density at radius 1 is 1.06 bits per heavy atom. The lowest BCUT2D eigenvalue weighted by atomic mass is 9.75. The first-order chi connectivity index (χ1) is 14.6. The molecule has 0 aromatic carbocycles. The van der Waals surface area contributed by atoms with Gasteiger partial charge in [0, 0.05) is 15.0 Å². The van der Waals surface area contributed by atoms with Gasteiger partial charge in [-0.3, -0.25) is 14.5 Å². The highest BCUT2D eigenvalue weighted by Crippen LogP contribution is 2.30. The van der Waals surface area contributed by atoms with Crippen LogP contribution in [0.2, 0.25) is 0 Å². The van der Waals surface area contributed by atoms with Gasteiger partial charge in [0.25, 0.3) is 0 Å². The van der Waals surface area contributed by atoms with E-state index in [4.69, 9.17) is 1.37 Å². The zero-order valence-electron chi connectivity index (χ0n) is 21.8. The molecule has 182 valence electrons.